The fourth-order valence-electron chi connectivity index (χ4n) is 0.986. The van der Waals surface area contributed by atoms with Gasteiger partial charge in [0.25, 0.3) is 0 Å². The molecule has 0 fully saturated rings. The van der Waals surface area contributed by atoms with Crippen molar-refractivity contribution in [2.24, 2.45) is 5.73 Å². The molecule has 14 heavy (non-hydrogen) atoms. The molecule has 1 rings (SSSR count). The lowest BCUT2D eigenvalue weighted by Gasteiger charge is -2.10. The van der Waals surface area contributed by atoms with Crippen LogP contribution in [0.4, 0.5) is 17.6 Å². The summed E-state index contributed by atoms with van der Waals surface area (Å²) in [6.45, 7) is -0.292. The van der Waals surface area contributed by atoms with Gasteiger partial charge in [0, 0.05) is 18.5 Å². The van der Waals surface area contributed by atoms with Crippen LogP contribution in [0.1, 0.15) is 6.42 Å². The molecule has 0 unspecified atom stereocenters. The maximum Gasteiger partial charge on any atom is 0.416 e. The molecule has 0 spiro atoms. The van der Waals surface area contributed by atoms with Gasteiger partial charge in [-0.1, -0.05) is 11.8 Å². The Bertz CT molecular complexity index is 351. The van der Waals surface area contributed by atoms with Crippen LogP contribution in [0.5, 0.6) is 0 Å². The predicted molar refractivity (Wildman–Crippen MR) is 43.7 cm³/mol. The zero-order valence-corrected chi connectivity index (χ0v) is 7.08. The SMILES string of the molecule is NCC1=CC#CCC(C(F)(F)F)=C1F. The maximum atomic E-state index is 13.2. The molecule has 76 valence electrons. The molecule has 0 aliphatic heterocycles. The normalized spacial score (nSPS) is 17.1. The van der Waals surface area contributed by atoms with Gasteiger partial charge in [-0.25, -0.2) is 4.39 Å². The quantitative estimate of drug-likeness (QED) is 0.514. The molecule has 0 aromatic carbocycles. The highest BCUT2D eigenvalue weighted by atomic mass is 19.4. The Morgan fingerprint density at radius 1 is 1.43 bits per heavy atom. The van der Waals surface area contributed by atoms with Crippen molar-refractivity contribution in [3.63, 3.8) is 0 Å². The van der Waals surface area contributed by atoms with Crippen molar-refractivity contribution in [1.29, 1.82) is 0 Å². The molecule has 0 atom stereocenters. The smallest absolute Gasteiger partial charge is 0.326 e. The van der Waals surface area contributed by atoms with E-state index in [0.29, 0.717) is 0 Å². The molecule has 5 heteroatoms. The molecular formula is C9H7F4N. The van der Waals surface area contributed by atoms with Crippen molar-refractivity contribution in [3.05, 3.63) is 23.0 Å². The van der Waals surface area contributed by atoms with E-state index in [4.69, 9.17) is 5.73 Å². The first-order valence-electron chi connectivity index (χ1n) is 3.80. The van der Waals surface area contributed by atoms with E-state index in [-0.39, 0.29) is 12.1 Å². The number of hydrogen-bond donors (Lipinski definition) is 1. The topological polar surface area (TPSA) is 26.0 Å². The Morgan fingerprint density at radius 2 is 2.07 bits per heavy atom. The van der Waals surface area contributed by atoms with E-state index in [1.165, 1.54) is 0 Å². The van der Waals surface area contributed by atoms with E-state index < -0.39 is 24.0 Å². The van der Waals surface area contributed by atoms with Crippen LogP contribution in [0.3, 0.4) is 0 Å². The van der Waals surface area contributed by atoms with Crippen molar-refractivity contribution >= 4 is 0 Å². The molecule has 1 nitrogen and oxygen atoms in total. The Kier molecular flexibility index (Phi) is 2.96. The van der Waals surface area contributed by atoms with Crippen LogP contribution in [0.25, 0.3) is 0 Å². The van der Waals surface area contributed by atoms with Crippen LogP contribution >= 0.6 is 0 Å². The third-order valence-electron chi connectivity index (χ3n) is 1.72. The fraction of sp³-hybridized carbons (Fsp3) is 0.333. The highest BCUT2D eigenvalue weighted by Crippen LogP contribution is 2.34. The summed E-state index contributed by atoms with van der Waals surface area (Å²) in [4.78, 5) is 0. The first-order chi connectivity index (χ1) is 6.46. The molecular weight excluding hydrogens is 198 g/mol. The summed E-state index contributed by atoms with van der Waals surface area (Å²) in [5.74, 6) is 3.20. The third kappa shape index (κ3) is 2.15. The highest BCUT2D eigenvalue weighted by Gasteiger charge is 2.37. The van der Waals surface area contributed by atoms with E-state index in [1.807, 2.05) is 0 Å². The van der Waals surface area contributed by atoms with Gasteiger partial charge in [0.15, 0.2) is 0 Å². The Morgan fingerprint density at radius 3 is 2.57 bits per heavy atom. The van der Waals surface area contributed by atoms with Gasteiger partial charge >= 0.3 is 6.18 Å². The summed E-state index contributed by atoms with van der Waals surface area (Å²) < 4.78 is 49.9. The first kappa shape index (κ1) is 10.8. The van der Waals surface area contributed by atoms with Crippen LogP contribution in [0, 0.1) is 11.8 Å². The number of nitrogens with two attached hydrogens (primary N) is 1. The molecule has 0 radical (unpaired) electrons. The number of halogens is 4. The minimum Gasteiger partial charge on any atom is -0.326 e. The Hall–Kier alpha value is -1.28. The summed E-state index contributed by atoms with van der Waals surface area (Å²) in [5, 5.41) is 0. The van der Waals surface area contributed by atoms with E-state index in [0.717, 1.165) is 6.08 Å². The first-order valence-corrected chi connectivity index (χ1v) is 3.80. The van der Waals surface area contributed by atoms with Crippen LogP contribution in [0.2, 0.25) is 0 Å². The molecule has 0 saturated carbocycles. The number of hydrogen-bond acceptors (Lipinski definition) is 1. The average molecular weight is 205 g/mol. The number of alkyl halides is 3. The molecule has 0 bridgehead atoms. The van der Waals surface area contributed by atoms with E-state index >= 15 is 0 Å². The van der Waals surface area contributed by atoms with Gasteiger partial charge in [-0.3, -0.25) is 0 Å². The molecule has 0 saturated heterocycles. The molecule has 0 heterocycles. The van der Waals surface area contributed by atoms with Gasteiger partial charge in [-0.05, 0) is 6.08 Å². The van der Waals surface area contributed by atoms with Gasteiger partial charge < -0.3 is 5.73 Å². The van der Waals surface area contributed by atoms with Gasteiger partial charge in [-0.2, -0.15) is 13.2 Å². The zero-order valence-electron chi connectivity index (χ0n) is 7.08. The van der Waals surface area contributed by atoms with E-state index in [2.05, 4.69) is 11.8 Å². The van der Waals surface area contributed by atoms with Crippen molar-refractivity contribution in [2.75, 3.05) is 6.54 Å². The van der Waals surface area contributed by atoms with Crippen LogP contribution in [-0.2, 0) is 0 Å². The standard InChI is InChI=1S/C9H7F4N/c10-8-6(5-14)3-1-2-4-7(8)9(11,12)13/h3H,4-5,14H2. The average Bonchev–Trinajstić information content (AvgIpc) is 2.25. The van der Waals surface area contributed by atoms with Crippen molar-refractivity contribution in [2.45, 2.75) is 12.6 Å². The van der Waals surface area contributed by atoms with Crippen LogP contribution in [-0.4, -0.2) is 12.7 Å². The third-order valence-corrected chi connectivity index (χ3v) is 1.72. The fourth-order valence-corrected chi connectivity index (χ4v) is 0.986. The minimum absolute atomic E-state index is 0.206. The second-order valence-corrected chi connectivity index (χ2v) is 2.66. The van der Waals surface area contributed by atoms with Crippen LogP contribution < -0.4 is 5.73 Å². The summed E-state index contributed by atoms with van der Waals surface area (Å²) in [6, 6.07) is 0. The Labute approximate surface area is 78.3 Å². The van der Waals surface area contributed by atoms with Gasteiger partial charge in [0.2, 0.25) is 0 Å². The van der Waals surface area contributed by atoms with Crippen molar-refractivity contribution < 1.29 is 17.6 Å². The van der Waals surface area contributed by atoms with Crippen LogP contribution in [0.15, 0.2) is 23.0 Å². The summed E-state index contributed by atoms with van der Waals surface area (Å²) in [7, 11) is 0. The second-order valence-electron chi connectivity index (χ2n) is 2.66. The number of rotatable bonds is 1. The molecule has 0 aromatic rings. The summed E-state index contributed by atoms with van der Waals surface area (Å²) in [5.41, 5.74) is 3.63. The molecule has 0 aromatic heterocycles. The molecule has 2 N–H and O–H groups in total. The van der Waals surface area contributed by atoms with E-state index in [9.17, 15) is 17.6 Å². The van der Waals surface area contributed by atoms with Crippen molar-refractivity contribution in [1.82, 2.24) is 0 Å². The van der Waals surface area contributed by atoms with Gasteiger partial charge in [0.05, 0.1) is 5.57 Å². The number of allylic oxidation sites excluding steroid dienone is 2. The zero-order chi connectivity index (χ0) is 10.8. The second kappa shape index (κ2) is 3.84. The minimum atomic E-state index is -4.68. The molecule has 0 amide bonds. The lowest BCUT2D eigenvalue weighted by atomic mass is 10.1. The predicted octanol–water partition coefficient (Wildman–Crippen LogP) is 2.06. The van der Waals surface area contributed by atoms with Gasteiger partial charge in [-0.15, -0.1) is 0 Å². The van der Waals surface area contributed by atoms with E-state index in [1.54, 1.807) is 0 Å². The summed E-state index contributed by atoms with van der Waals surface area (Å²) >= 11 is 0. The molecule has 1 aliphatic rings. The largest absolute Gasteiger partial charge is 0.416 e. The monoisotopic (exact) mass is 205 g/mol. The van der Waals surface area contributed by atoms with Crippen molar-refractivity contribution in [3.8, 4) is 11.8 Å². The van der Waals surface area contributed by atoms with Gasteiger partial charge in [0.1, 0.15) is 5.83 Å². The maximum absolute atomic E-state index is 13.2. The Balaban J connectivity index is 3.18. The highest BCUT2D eigenvalue weighted by molar-refractivity contribution is 5.42. The molecule has 1 aliphatic carbocycles. The lowest BCUT2D eigenvalue weighted by Crippen LogP contribution is -2.15. The lowest BCUT2D eigenvalue weighted by molar-refractivity contribution is -0.0944. The summed E-state index contributed by atoms with van der Waals surface area (Å²) in [6.07, 6.45) is -4.24.